The van der Waals surface area contributed by atoms with E-state index < -0.39 is 0 Å². The van der Waals surface area contributed by atoms with Crippen molar-refractivity contribution >= 4 is 50.8 Å². The number of hydrogen-bond acceptors (Lipinski definition) is 0. The molecule has 136 valence electrons. The average Bonchev–Trinajstić information content (AvgIpc) is 2.47. The standard InChI is InChI=1S/3C3H9Si.5CO.Mo.Sb/c3*1-4(2)3;5*1-2;;/h3*1-3H3;;;;;;;. The molecule has 0 spiro atoms. The van der Waals surface area contributed by atoms with Crippen molar-refractivity contribution in [3.63, 3.8) is 0 Å². The molecule has 0 aliphatic heterocycles. The monoisotopic (exact) mass is 578 g/mol. The fourth-order valence-corrected chi connectivity index (χ4v) is 0. The largest absolute Gasteiger partial charge is 0 e. The Balaban J connectivity index is -0.0000000119. The molecule has 0 fully saturated rings. The molecule has 0 rings (SSSR count). The maximum atomic E-state index is 7.50. The van der Waals surface area contributed by atoms with Gasteiger partial charge in [0.15, 0.2) is 0 Å². The van der Waals surface area contributed by atoms with Crippen LogP contribution in [0.2, 0.25) is 58.9 Å². The first-order chi connectivity index (χ1) is 10.2. The Morgan fingerprint density at radius 3 is 0.375 bits per heavy atom. The molecule has 0 aliphatic rings. The van der Waals surface area contributed by atoms with Crippen LogP contribution in [-0.2, 0) is 44.3 Å². The van der Waals surface area contributed by atoms with Gasteiger partial charge in [-0.15, -0.1) is 0 Å². The molecule has 0 N–H and O–H groups in total. The van der Waals surface area contributed by atoms with Crippen LogP contribution in [-0.4, -0.2) is 50.8 Å². The van der Waals surface area contributed by atoms with Crippen molar-refractivity contribution in [1.82, 2.24) is 0 Å². The van der Waals surface area contributed by atoms with Gasteiger partial charge < -0.3 is 0 Å². The molecule has 0 heterocycles. The van der Waals surface area contributed by atoms with Crippen LogP contribution in [0.25, 0.3) is 0 Å². The van der Waals surface area contributed by atoms with Crippen LogP contribution in [0.15, 0.2) is 0 Å². The smallest absolute Gasteiger partial charge is 0 e. The van der Waals surface area contributed by atoms with E-state index in [2.05, 4.69) is 92.2 Å². The van der Waals surface area contributed by atoms with Gasteiger partial charge in [-0.25, -0.2) is 0 Å². The van der Waals surface area contributed by atoms with Gasteiger partial charge in [0.25, 0.3) is 0 Å². The SMILES string of the molecule is C[Si](C)C.C[Si](C)C.C[Si](C)C.[C-]#[O+].[C-]#[O+].[C-]#[O+].[C-]#[O+].[C-]#[O+].[Mo].[Sb]. The van der Waals surface area contributed by atoms with Crippen molar-refractivity contribution in [2.75, 3.05) is 0 Å². The molecule has 6 radical (unpaired) electrons. The summed E-state index contributed by atoms with van der Waals surface area (Å²) in [5.74, 6) is 0. The van der Waals surface area contributed by atoms with Crippen molar-refractivity contribution < 1.29 is 44.3 Å². The Hall–Kier alpha value is 0.857. The third-order valence-corrected chi connectivity index (χ3v) is 0. The molecule has 0 unspecified atom stereocenters. The van der Waals surface area contributed by atoms with Crippen LogP contribution in [0.5, 0.6) is 0 Å². The zero-order chi connectivity index (χ0) is 20.7. The second kappa shape index (κ2) is 128. The Bertz CT molecular complexity index is 173. The van der Waals surface area contributed by atoms with Crippen molar-refractivity contribution in [3.8, 4) is 0 Å². The normalized spacial score (nSPS) is 4.92. The van der Waals surface area contributed by atoms with Gasteiger partial charge in [-0.1, -0.05) is 58.9 Å². The summed E-state index contributed by atoms with van der Waals surface area (Å²) >= 11 is 0. The van der Waals surface area contributed by atoms with Crippen LogP contribution in [0.1, 0.15) is 0 Å². The van der Waals surface area contributed by atoms with Gasteiger partial charge in [0.05, 0.1) is 0 Å². The van der Waals surface area contributed by atoms with Crippen molar-refractivity contribution in [2.24, 2.45) is 0 Å². The van der Waals surface area contributed by atoms with E-state index in [9.17, 15) is 0 Å². The van der Waals surface area contributed by atoms with Crippen LogP contribution in [0.3, 0.4) is 0 Å². The van der Waals surface area contributed by atoms with Gasteiger partial charge in [0.2, 0.25) is 0 Å². The third-order valence-electron chi connectivity index (χ3n) is 0. The van der Waals surface area contributed by atoms with Crippen molar-refractivity contribution in [2.45, 2.75) is 58.9 Å². The quantitative estimate of drug-likeness (QED) is 0.239. The van der Waals surface area contributed by atoms with Crippen molar-refractivity contribution in [1.29, 1.82) is 0 Å². The maximum absolute atomic E-state index is 7.50. The van der Waals surface area contributed by atoms with Crippen LogP contribution < -0.4 is 0 Å². The summed E-state index contributed by atoms with van der Waals surface area (Å²) in [7, 11) is 0.361. The van der Waals surface area contributed by atoms with Gasteiger partial charge in [0.1, 0.15) is 0 Å². The summed E-state index contributed by atoms with van der Waals surface area (Å²) in [5, 5.41) is 0. The van der Waals surface area contributed by atoms with Crippen molar-refractivity contribution in [3.05, 3.63) is 33.3 Å². The molecule has 0 aromatic carbocycles. The molecule has 0 aliphatic carbocycles. The minimum atomic E-state index is 0. The summed E-state index contributed by atoms with van der Waals surface area (Å²) in [6.45, 7) is 42.9. The molecule has 0 atom stereocenters. The van der Waals surface area contributed by atoms with E-state index >= 15 is 0 Å². The fourth-order valence-electron chi connectivity index (χ4n) is 0. The zero-order valence-electron chi connectivity index (χ0n) is 15.9. The minimum Gasteiger partial charge on any atom is 0 e. The summed E-state index contributed by atoms with van der Waals surface area (Å²) < 4.78 is 37.5. The van der Waals surface area contributed by atoms with E-state index in [4.69, 9.17) is 23.3 Å². The van der Waals surface area contributed by atoms with Gasteiger partial charge in [-0.2, -0.15) is 0 Å². The van der Waals surface area contributed by atoms with Crippen LogP contribution >= 0.6 is 0 Å². The predicted molar refractivity (Wildman–Crippen MR) is 95.4 cm³/mol. The van der Waals surface area contributed by atoms with Gasteiger partial charge >= 0.3 is 56.5 Å². The number of rotatable bonds is 0. The molecule has 5 nitrogen and oxygen atoms in total. The molecule has 0 amide bonds. The van der Waals surface area contributed by atoms with E-state index in [1.807, 2.05) is 0 Å². The summed E-state index contributed by atoms with van der Waals surface area (Å²) in [5.41, 5.74) is 0. The summed E-state index contributed by atoms with van der Waals surface area (Å²) in [6.07, 6.45) is 0. The second-order valence-electron chi connectivity index (χ2n) is 4.50. The second-order valence-corrected chi connectivity index (χ2v) is 13.5. The van der Waals surface area contributed by atoms with E-state index in [1.165, 1.54) is 0 Å². The molecule has 0 saturated heterocycles. The Labute approximate surface area is 186 Å². The molecule has 0 saturated carbocycles. The van der Waals surface area contributed by atoms with Gasteiger partial charge in [-0.05, 0) is 0 Å². The van der Waals surface area contributed by atoms with E-state index in [0.29, 0.717) is 0 Å². The van der Waals surface area contributed by atoms with Crippen LogP contribution in [0.4, 0.5) is 0 Å². The molecule has 0 aromatic rings. The molecule has 10 heteroatoms. The summed E-state index contributed by atoms with van der Waals surface area (Å²) in [6, 6.07) is 0. The van der Waals surface area contributed by atoms with Gasteiger partial charge in [0, 0.05) is 71.9 Å². The van der Waals surface area contributed by atoms with Crippen LogP contribution in [0, 0.1) is 33.3 Å². The molecular weight excluding hydrogens is 550 g/mol. The van der Waals surface area contributed by atoms with E-state index in [0.717, 1.165) is 0 Å². The van der Waals surface area contributed by atoms with E-state index in [1.54, 1.807) is 0 Å². The fraction of sp³-hybridized carbons (Fsp3) is 0.643. The van der Waals surface area contributed by atoms with Gasteiger partial charge in [-0.3, -0.25) is 0 Å². The first kappa shape index (κ1) is 64.1. The molecule has 0 bridgehead atoms. The topological polar surface area (TPSA) is 99.5 Å². The third kappa shape index (κ3) is 14900. The summed E-state index contributed by atoms with van der Waals surface area (Å²) in [4.78, 5) is 0. The average molecular weight is 577 g/mol. The Morgan fingerprint density at radius 2 is 0.375 bits per heavy atom. The van der Waals surface area contributed by atoms with E-state index in [-0.39, 0.29) is 71.9 Å². The zero-order valence-corrected chi connectivity index (χ0v) is 23.5. The molecule has 24 heavy (non-hydrogen) atoms. The Kier molecular flexibility index (Phi) is 343. The first-order valence-electron chi connectivity index (χ1n) is 5.52. The predicted octanol–water partition coefficient (Wildman–Crippen LogP) is 3.54. The molecule has 0 aromatic heterocycles. The molecular formula is C14H27MoO5SbSi3. The number of hydrogen-bond donors (Lipinski definition) is 0. The first-order valence-corrected chi connectivity index (χ1v) is 14.5. The maximum Gasteiger partial charge on any atom is 0 e. The minimum absolute atomic E-state index is 0. The Morgan fingerprint density at radius 1 is 0.375 bits per heavy atom.